The van der Waals surface area contributed by atoms with Crippen LogP contribution in [-0.4, -0.2) is 47.0 Å². The number of nitrogens with zero attached hydrogens (tertiary/aromatic N) is 4. The first-order chi connectivity index (χ1) is 10.6. The predicted molar refractivity (Wildman–Crippen MR) is 78.7 cm³/mol. The monoisotopic (exact) mass is 323 g/mol. The lowest BCUT2D eigenvalue weighted by Crippen LogP contribution is -2.42. The number of aryl methyl sites for hydroxylation is 1. The van der Waals surface area contributed by atoms with Crippen LogP contribution in [0.4, 0.5) is 5.82 Å². The Hall–Kier alpha value is -2.00. The molecule has 3 heterocycles. The maximum atomic E-state index is 12.3. The highest BCUT2D eigenvalue weighted by Gasteiger charge is 2.30. The van der Waals surface area contributed by atoms with E-state index in [-0.39, 0.29) is 10.9 Å². The summed E-state index contributed by atoms with van der Waals surface area (Å²) in [5, 5.41) is 6.78. The van der Waals surface area contributed by atoms with E-state index >= 15 is 0 Å². The molecule has 3 rings (SSSR count). The molecule has 0 saturated carbocycles. The molecule has 8 nitrogen and oxygen atoms in total. The van der Waals surface area contributed by atoms with Crippen molar-refractivity contribution in [1.82, 2.24) is 19.4 Å². The lowest BCUT2D eigenvalue weighted by Gasteiger charge is -2.31. The van der Waals surface area contributed by atoms with E-state index in [4.69, 9.17) is 0 Å². The van der Waals surface area contributed by atoms with Crippen molar-refractivity contribution < 1.29 is 12.9 Å². The summed E-state index contributed by atoms with van der Waals surface area (Å²) in [7, 11) is -3.50. The number of hydrogen-bond donors (Lipinski definition) is 1. The zero-order valence-corrected chi connectivity index (χ0v) is 13.0. The average molecular weight is 323 g/mol. The molecule has 22 heavy (non-hydrogen) atoms. The van der Waals surface area contributed by atoms with E-state index in [2.05, 4.69) is 25.0 Å². The Morgan fingerprint density at radius 2 is 2.09 bits per heavy atom. The maximum Gasteiger partial charge on any atom is 0.247 e. The standard InChI is InChI=1S/C13H17N5O3S/c1-10-6-13(15-9-14-10)17-11-2-4-18(5-3-11)22(19,20)12-7-16-21-8-12/h6-9,11H,2-5H2,1H3,(H,14,15,17). The molecule has 9 heteroatoms. The molecule has 0 amide bonds. The van der Waals surface area contributed by atoms with E-state index < -0.39 is 10.0 Å². The van der Waals surface area contributed by atoms with Crippen LogP contribution in [0.5, 0.6) is 0 Å². The Balaban J connectivity index is 1.61. The third-order valence-corrected chi connectivity index (χ3v) is 5.50. The zero-order chi connectivity index (χ0) is 15.6. The highest BCUT2D eigenvalue weighted by Crippen LogP contribution is 2.21. The van der Waals surface area contributed by atoms with Crippen molar-refractivity contribution in [3.8, 4) is 0 Å². The van der Waals surface area contributed by atoms with Gasteiger partial charge in [0, 0.05) is 30.9 Å². The Labute approximate surface area is 128 Å². The van der Waals surface area contributed by atoms with Crippen LogP contribution in [0.25, 0.3) is 0 Å². The molecule has 0 aromatic carbocycles. The number of anilines is 1. The fraction of sp³-hybridized carbons (Fsp3) is 0.462. The van der Waals surface area contributed by atoms with Crippen molar-refractivity contribution in [2.24, 2.45) is 0 Å². The van der Waals surface area contributed by atoms with Crippen molar-refractivity contribution in [2.75, 3.05) is 18.4 Å². The van der Waals surface area contributed by atoms with Gasteiger partial charge in [0.1, 0.15) is 23.3 Å². The number of nitrogens with one attached hydrogen (secondary N) is 1. The quantitative estimate of drug-likeness (QED) is 0.897. The summed E-state index contributed by atoms with van der Waals surface area (Å²) >= 11 is 0. The summed E-state index contributed by atoms with van der Waals surface area (Å²) in [4.78, 5) is 8.32. The molecule has 0 spiro atoms. The molecule has 1 fully saturated rings. The van der Waals surface area contributed by atoms with E-state index in [1.807, 2.05) is 13.0 Å². The molecule has 1 aliphatic heterocycles. The fourth-order valence-electron chi connectivity index (χ4n) is 2.45. The van der Waals surface area contributed by atoms with E-state index in [0.717, 1.165) is 17.8 Å². The van der Waals surface area contributed by atoms with Crippen molar-refractivity contribution in [3.63, 3.8) is 0 Å². The van der Waals surface area contributed by atoms with Crippen LogP contribution in [0.3, 0.4) is 0 Å². The number of piperidine rings is 1. The third kappa shape index (κ3) is 3.09. The van der Waals surface area contributed by atoms with Gasteiger partial charge in [-0.3, -0.25) is 0 Å². The minimum Gasteiger partial charge on any atom is -0.367 e. The van der Waals surface area contributed by atoms with Crippen molar-refractivity contribution in [2.45, 2.75) is 30.7 Å². The minimum absolute atomic E-state index is 0.102. The van der Waals surface area contributed by atoms with E-state index in [1.54, 1.807) is 0 Å². The van der Waals surface area contributed by atoms with Crippen LogP contribution in [0.1, 0.15) is 18.5 Å². The van der Waals surface area contributed by atoms with Gasteiger partial charge in [0.2, 0.25) is 10.0 Å². The molecule has 2 aromatic rings. The summed E-state index contributed by atoms with van der Waals surface area (Å²) in [6.45, 7) is 2.81. The molecule has 1 aliphatic rings. The summed E-state index contributed by atoms with van der Waals surface area (Å²) in [5.74, 6) is 0.771. The van der Waals surface area contributed by atoms with Gasteiger partial charge in [0.05, 0.1) is 6.20 Å². The smallest absolute Gasteiger partial charge is 0.247 e. The number of hydrogen-bond acceptors (Lipinski definition) is 7. The van der Waals surface area contributed by atoms with Crippen molar-refractivity contribution >= 4 is 15.8 Å². The Bertz CT molecular complexity index is 724. The summed E-state index contributed by atoms with van der Waals surface area (Å²) in [6.07, 6.45) is 5.33. The van der Waals surface area contributed by atoms with Crippen LogP contribution in [-0.2, 0) is 10.0 Å². The highest BCUT2D eigenvalue weighted by atomic mass is 32.2. The third-order valence-electron chi connectivity index (χ3n) is 3.66. The Morgan fingerprint density at radius 1 is 1.32 bits per heavy atom. The molecule has 1 N–H and O–H groups in total. The van der Waals surface area contributed by atoms with Crippen molar-refractivity contribution in [1.29, 1.82) is 0 Å². The number of sulfonamides is 1. The number of rotatable bonds is 4. The van der Waals surface area contributed by atoms with Crippen LogP contribution in [0, 0.1) is 6.92 Å². The predicted octanol–water partition coefficient (Wildman–Crippen LogP) is 1.04. The van der Waals surface area contributed by atoms with E-state index in [0.29, 0.717) is 25.9 Å². The first-order valence-corrected chi connectivity index (χ1v) is 8.44. The number of aromatic nitrogens is 3. The molecule has 0 unspecified atom stereocenters. The molecule has 0 bridgehead atoms. The SMILES string of the molecule is Cc1cc(NC2CCN(S(=O)(=O)c3cnoc3)CC2)ncn1. The molecular formula is C13H17N5O3S. The van der Waals surface area contributed by atoms with Gasteiger partial charge in [0.25, 0.3) is 0 Å². The van der Waals surface area contributed by atoms with Gasteiger partial charge in [-0.2, -0.15) is 4.31 Å². The van der Waals surface area contributed by atoms with Gasteiger partial charge in [-0.25, -0.2) is 18.4 Å². The molecule has 0 aliphatic carbocycles. The maximum absolute atomic E-state index is 12.3. The van der Waals surface area contributed by atoms with Crippen LogP contribution in [0.2, 0.25) is 0 Å². The first kappa shape index (κ1) is 14.9. The summed E-state index contributed by atoms with van der Waals surface area (Å²) in [5.41, 5.74) is 0.893. The fourth-order valence-corrected chi connectivity index (χ4v) is 3.79. The van der Waals surface area contributed by atoms with Gasteiger partial charge in [-0.05, 0) is 19.8 Å². The zero-order valence-electron chi connectivity index (χ0n) is 12.1. The van der Waals surface area contributed by atoms with Gasteiger partial charge >= 0.3 is 0 Å². The molecule has 1 saturated heterocycles. The summed E-state index contributed by atoms with van der Waals surface area (Å²) in [6, 6.07) is 2.07. The first-order valence-electron chi connectivity index (χ1n) is 7.00. The Morgan fingerprint density at radius 3 is 2.73 bits per heavy atom. The largest absolute Gasteiger partial charge is 0.367 e. The van der Waals surface area contributed by atoms with Crippen LogP contribution in [0.15, 0.2) is 34.3 Å². The molecule has 2 aromatic heterocycles. The van der Waals surface area contributed by atoms with Crippen LogP contribution < -0.4 is 5.32 Å². The van der Waals surface area contributed by atoms with Gasteiger partial charge in [-0.15, -0.1) is 0 Å². The molecule has 118 valence electrons. The molecule has 0 radical (unpaired) electrons. The lowest BCUT2D eigenvalue weighted by molar-refractivity contribution is 0.329. The van der Waals surface area contributed by atoms with Crippen molar-refractivity contribution in [3.05, 3.63) is 30.5 Å². The second-order valence-corrected chi connectivity index (χ2v) is 7.17. The second-order valence-electron chi connectivity index (χ2n) is 5.23. The average Bonchev–Trinajstić information content (AvgIpc) is 3.03. The Kier molecular flexibility index (Phi) is 4.08. The van der Waals surface area contributed by atoms with E-state index in [1.165, 1.54) is 16.8 Å². The van der Waals surface area contributed by atoms with E-state index in [9.17, 15) is 8.42 Å². The lowest BCUT2D eigenvalue weighted by atomic mass is 10.1. The van der Waals surface area contributed by atoms with Crippen LogP contribution >= 0.6 is 0 Å². The highest BCUT2D eigenvalue weighted by molar-refractivity contribution is 7.89. The summed E-state index contributed by atoms with van der Waals surface area (Å²) < 4.78 is 30.8. The minimum atomic E-state index is -3.50. The normalized spacial score (nSPS) is 17.5. The topological polar surface area (TPSA) is 101 Å². The van der Waals surface area contributed by atoms with Gasteiger partial charge in [-0.1, -0.05) is 5.16 Å². The molecular weight excluding hydrogens is 306 g/mol. The van der Waals surface area contributed by atoms with Gasteiger partial charge in [0.15, 0.2) is 0 Å². The second kappa shape index (κ2) is 6.01. The van der Waals surface area contributed by atoms with Gasteiger partial charge < -0.3 is 9.84 Å². The molecule has 0 atom stereocenters.